The Bertz CT molecular complexity index is 688. The van der Waals surface area contributed by atoms with E-state index < -0.39 is 0 Å². The summed E-state index contributed by atoms with van der Waals surface area (Å²) in [7, 11) is 0. The summed E-state index contributed by atoms with van der Waals surface area (Å²) in [4.78, 5) is 20.7. The lowest BCUT2D eigenvalue weighted by atomic mass is 10.1. The maximum atomic E-state index is 12.9. The zero-order chi connectivity index (χ0) is 17.5. The predicted octanol–water partition coefficient (Wildman–Crippen LogP) is 3.11. The van der Waals surface area contributed by atoms with Gasteiger partial charge in [0.25, 0.3) is 5.91 Å². The minimum Gasteiger partial charge on any atom is -0.370 e. The number of nitrogens with zero attached hydrogens (tertiary/aromatic N) is 2. The zero-order valence-electron chi connectivity index (χ0n) is 14.3. The lowest BCUT2D eigenvalue weighted by molar-refractivity contribution is 0.0934. The quantitative estimate of drug-likeness (QED) is 0.818. The van der Waals surface area contributed by atoms with Gasteiger partial charge in [-0.2, -0.15) is 0 Å². The number of benzene rings is 1. The first-order chi connectivity index (χ1) is 11.5. The van der Waals surface area contributed by atoms with Gasteiger partial charge in [-0.15, -0.1) is 0 Å². The highest BCUT2D eigenvalue weighted by Gasteiger charge is 2.12. The van der Waals surface area contributed by atoms with Crippen molar-refractivity contribution in [2.45, 2.75) is 39.7 Å². The fourth-order valence-electron chi connectivity index (χ4n) is 2.16. The summed E-state index contributed by atoms with van der Waals surface area (Å²) < 4.78 is 12.9. The van der Waals surface area contributed by atoms with Crippen molar-refractivity contribution in [1.29, 1.82) is 0 Å². The molecule has 1 atom stereocenters. The summed E-state index contributed by atoms with van der Waals surface area (Å²) in [6.45, 7) is 6.35. The maximum Gasteiger partial charge on any atom is 0.270 e. The van der Waals surface area contributed by atoms with Crippen LogP contribution in [0.15, 0.2) is 30.3 Å². The van der Waals surface area contributed by atoms with E-state index in [1.807, 2.05) is 13.8 Å². The average Bonchev–Trinajstić information content (AvgIpc) is 2.56. The number of halogens is 1. The van der Waals surface area contributed by atoms with Gasteiger partial charge in [0, 0.05) is 18.7 Å². The van der Waals surface area contributed by atoms with Crippen LogP contribution in [0.2, 0.25) is 0 Å². The second kappa shape index (κ2) is 8.38. The molecule has 1 unspecified atom stereocenters. The number of carbonyl (C=O) groups excluding carboxylic acids is 1. The van der Waals surface area contributed by atoms with Gasteiger partial charge in [0.05, 0.1) is 0 Å². The molecule has 6 heteroatoms. The first-order valence-corrected chi connectivity index (χ1v) is 8.12. The second-order valence-electron chi connectivity index (χ2n) is 5.77. The molecule has 0 radical (unpaired) electrons. The van der Waals surface area contributed by atoms with Crippen LogP contribution < -0.4 is 10.6 Å². The molecular weight excluding hydrogens is 307 g/mol. The van der Waals surface area contributed by atoms with Gasteiger partial charge in [-0.25, -0.2) is 14.4 Å². The molecule has 0 aliphatic heterocycles. The number of carbonyl (C=O) groups is 1. The first-order valence-electron chi connectivity index (χ1n) is 8.12. The Morgan fingerprint density at radius 2 is 1.96 bits per heavy atom. The van der Waals surface area contributed by atoms with E-state index in [1.54, 1.807) is 25.1 Å². The van der Waals surface area contributed by atoms with Crippen molar-refractivity contribution < 1.29 is 9.18 Å². The SMILES string of the molecule is CCC(C)NC(=O)c1cc(NCCc2ccc(F)cc2)nc(C)n1. The average molecular weight is 330 g/mol. The molecular formula is C18H23FN4O. The molecule has 1 heterocycles. The highest BCUT2D eigenvalue weighted by atomic mass is 19.1. The predicted molar refractivity (Wildman–Crippen MR) is 92.6 cm³/mol. The molecule has 2 N–H and O–H groups in total. The zero-order valence-corrected chi connectivity index (χ0v) is 14.3. The molecule has 2 rings (SSSR count). The molecule has 0 saturated heterocycles. The number of aryl methyl sites for hydroxylation is 1. The maximum absolute atomic E-state index is 12.9. The van der Waals surface area contributed by atoms with Gasteiger partial charge in [-0.05, 0) is 44.4 Å². The summed E-state index contributed by atoms with van der Waals surface area (Å²) >= 11 is 0. The van der Waals surface area contributed by atoms with Crippen LogP contribution >= 0.6 is 0 Å². The Morgan fingerprint density at radius 1 is 1.25 bits per heavy atom. The number of anilines is 1. The fraction of sp³-hybridized carbons (Fsp3) is 0.389. The smallest absolute Gasteiger partial charge is 0.270 e. The Morgan fingerprint density at radius 3 is 2.62 bits per heavy atom. The summed E-state index contributed by atoms with van der Waals surface area (Å²) in [6, 6.07) is 8.15. The normalized spacial score (nSPS) is 11.8. The van der Waals surface area contributed by atoms with Crippen molar-refractivity contribution in [3.8, 4) is 0 Å². The molecule has 1 aromatic heterocycles. The lowest BCUT2D eigenvalue weighted by Crippen LogP contribution is -2.32. The number of nitrogens with one attached hydrogen (secondary N) is 2. The van der Waals surface area contributed by atoms with Crippen LogP contribution in [-0.4, -0.2) is 28.5 Å². The summed E-state index contributed by atoms with van der Waals surface area (Å²) in [5.41, 5.74) is 1.39. The molecule has 0 aliphatic rings. The standard InChI is InChI=1S/C18H23FN4O/c1-4-12(2)21-18(24)16-11-17(23-13(3)22-16)20-10-9-14-5-7-15(19)8-6-14/h5-8,11-12H,4,9-10H2,1-3H3,(H,21,24)(H,20,22,23). The number of aromatic nitrogens is 2. The third-order valence-electron chi connectivity index (χ3n) is 3.69. The molecule has 1 aromatic carbocycles. The summed E-state index contributed by atoms with van der Waals surface area (Å²) in [6.07, 6.45) is 1.59. The minimum atomic E-state index is -0.241. The van der Waals surface area contributed by atoms with Gasteiger partial charge in [-0.3, -0.25) is 4.79 Å². The second-order valence-corrected chi connectivity index (χ2v) is 5.77. The van der Waals surface area contributed by atoms with Crippen LogP contribution in [0, 0.1) is 12.7 Å². The third kappa shape index (κ3) is 5.30. The van der Waals surface area contributed by atoms with E-state index in [0.717, 1.165) is 18.4 Å². The highest BCUT2D eigenvalue weighted by molar-refractivity contribution is 5.93. The van der Waals surface area contributed by atoms with Gasteiger partial charge in [0.15, 0.2) is 0 Å². The van der Waals surface area contributed by atoms with Crippen molar-refractivity contribution in [3.05, 3.63) is 53.2 Å². The van der Waals surface area contributed by atoms with Crippen LogP contribution in [0.1, 0.15) is 42.1 Å². The van der Waals surface area contributed by atoms with E-state index >= 15 is 0 Å². The fourth-order valence-corrected chi connectivity index (χ4v) is 2.16. The Balaban J connectivity index is 1.97. The topological polar surface area (TPSA) is 66.9 Å². The van der Waals surface area contributed by atoms with Crippen molar-refractivity contribution in [3.63, 3.8) is 0 Å². The molecule has 0 aliphatic carbocycles. The van der Waals surface area contributed by atoms with E-state index in [4.69, 9.17) is 0 Å². The Kier molecular flexibility index (Phi) is 6.23. The number of hydrogen-bond donors (Lipinski definition) is 2. The lowest BCUT2D eigenvalue weighted by Gasteiger charge is -2.12. The van der Waals surface area contributed by atoms with E-state index in [2.05, 4.69) is 20.6 Å². The van der Waals surface area contributed by atoms with E-state index in [-0.39, 0.29) is 17.8 Å². The van der Waals surface area contributed by atoms with Crippen LogP contribution in [0.25, 0.3) is 0 Å². The monoisotopic (exact) mass is 330 g/mol. The van der Waals surface area contributed by atoms with Crippen LogP contribution in [0.5, 0.6) is 0 Å². The molecule has 1 amide bonds. The Hall–Kier alpha value is -2.50. The van der Waals surface area contributed by atoms with Gasteiger partial charge in [0.1, 0.15) is 23.2 Å². The third-order valence-corrected chi connectivity index (χ3v) is 3.69. The molecule has 128 valence electrons. The molecule has 5 nitrogen and oxygen atoms in total. The molecule has 0 spiro atoms. The number of rotatable bonds is 7. The van der Waals surface area contributed by atoms with Crippen molar-refractivity contribution in [1.82, 2.24) is 15.3 Å². The van der Waals surface area contributed by atoms with Gasteiger partial charge in [-0.1, -0.05) is 19.1 Å². The number of hydrogen-bond acceptors (Lipinski definition) is 4. The van der Waals surface area contributed by atoms with Crippen LogP contribution in [-0.2, 0) is 6.42 Å². The minimum absolute atomic E-state index is 0.0997. The molecule has 0 fully saturated rings. The number of amides is 1. The molecule has 2 aromatic rings. The summed E-state index contributed by atoms with van der Waals surface area (Å²) in [5, 5.41) is 6.08. The van der Waals surface area contributed by atoms with E-state index in [1.165, 1.54) is 12.1 Å². The van der Waals surface area contributed by atoms with Crippen molar-refractivity contribution >= 4 is 11.7 Å². The van der Waals surface area contributed by atoms with Gasteiger partial charge >= 0.3 is 0 Å². The highest BCUT2D eigenvalue weighted by Crippen LogP contribution is 2.09. The molecule has 24 heavy (non-hydrogen) atoms. The molecule has 0 bridgehead atoms. The summed E-state index contributed by atoms with van der Waals surface area (Å²) in [5.74, 6) is 0.710. The van der Waals surface area contributed by atoms with Crippen LogP contribution in [0.4, 0.5) is 10.2 Å². The van der Waals surface area contributed by atoms with Gasteiger partial charge in [0.2, 0.25) is 0 Å². The van der Waals surface area contributed by atoms with Crippen molar-refractivity contribution in [2.24, 2.45) is 0 Å². The molecule has 0 saturated carbocycles. The van der Waals surface area contributed by atoms with E-state index in [9.17, 15) is 9.18 Å². The largest absolute Gasteiger partial charge is 0.370 e. The first kappa shape index (κ1) is 17.8. The van der Waals surface area contributed by atoms with Crippen molar-refractivity contribution in [2.75, 3.05) is 11.9 Å². The van der Waals surface area contributed by atoms with E-state index in [0.29, 0.717) is 23.9 Å². The Labute approximate surface area is 141 Å². The van der Waals surface area contributed by atoms with Gasteiger partial charge < -0.3 is 10.6 Å². The van der Waals surface area contributed by atoms with Crippen LogP contribution in [0.3, 0.4) is 0 Å².